The van der Waals surface area contributed by atoms with Gasteiger partial charge >= 0.3 is 5.97 Å². The summed E-state index contributed by atoms with van der Waals surface area (Å²) in [6, 6.07) is 1.43. The van der Waals surface area contributed by atoms with Crippen molar-refractivity contribution in [2.45, 2.75) is 70.4 Å². The topological polar surface area (TPSA) is 26.3 Å². The third-order valence-corrected chi connectivity index (χ3v) is 8.83. The Balaban J connectivity index is 3.28. The number of hydrogen-bond donors (Lipinski definition) is 0. The molecular formula is C14H25I3O2Si. The van der Waals surface area contributed by atoms with Gasteiger partial charge in [0.25, 0.3) is 0.564 Å². The molecule has 2 nitrogen and oxygen atoms in total. The van der Waals surface area contributed by atoms with E-state index in [1.807, 2.05) is 6.92 Å². The second-order valence-corrected chi connectivity index (χ2v) is 42.0. The Labute approximate surface area is 162 Å². The number of ether oxygens (including phenoxy) is 1. The maximum Gasteiger partial charge on any atom is 0.330 e. The first kappa shape index (κ1) is 21.6. The molecule has 0 radical (unpaired) electrons. The second-order valence-electron chi connectivity index (χ2n) is 5.08. The predicted octanol–water partition coefficient (Wildman–Crippen LogP) is 6.47. The van der Waals surface area contributed by atoms with Crippen molar-refractivity contribution in [3.8, 4) is 0 Å². The van der Waals surface area contributed by atoms with Gasteiger partial charge in [-0.15, -0.1) is 0 Å². The van der Waals surface area contributed by atoms with E-state index in [4.69, 9.17) is 4.74 Å². The lowest BCUT2D eigenvalue weighted by molar-refractivity contribution is -0.142. The van der Waals surface area contributed by atoms with Gasteiger partial charge < -0.3 is 4.74 Å². The molecule has 1 atom stereocenters. The fourth-order valence-electron chi connectivity index (χ4n) is 1.95. The van der Waals surface area contributed by atoms with Crippen molar-refractivity contribution in [3.05, 3.63) is 12.7 Å². The summed E-state index contributed by atoms with van der Waals surface area (Å²) >= 11 is 7.93. The predicted molar refractivity (Wildman–Crippen MR) is 115 cm³/mol. The largest absolute Gasteiger partial charge is 0.460 e. The summed E-state index contributed by atoms with van der Waals surface area (Å²) in [6.45, 7) is 5.35. The van der Waals surface area contributed by atoms with Gasteiger partial charge in [-0.1, -0.05) is 110 Å². The maximum absolute atomic E-state index is 11.0. The molecule has 1 unspecified atom stereocenters. The Hall–Kier alpha value is 1.62. The van der Waals surface area contributed by atoms with Crippen LogP contribution in [-0.2, 0) is 9.53 Å². The highest BCUT2D eigenvalue weighted by Crippen LogP contribution is 2.35. The lowest BCUT2D eigenvalue weighted by Crippen LogP contribution is -2.12. The molecule has 0 bridgehead atoms. The quantitative estimate of drug-likeness (QED) is 0.0615. The Bertz CT molecular complexity index is 280. The molecule has 0 spiro atoms. The van der Waals surface area contributed by atoms with Gasteiger partial charge in [-0.2, -0.15) is 0 Å². The van der Waals surface area contributed by atoms with E-state index >= 15 is 0 Å². The smallest absolute Gasteiger partial charge is 0.330 e. The van der Waals surface area contributed by atoms with Gasteiger partial charge in [-0.05, 0) is 25.8 Å². The van der Waals surface area contributed by atoms with Crippen molar-refractivity contribution in [1.82, 2.24) is 0 Å². The standard InChI is InChI=1S/C14H25I3O2Si/c1-3-14(18)19-13(2)11-9-7-5-4-6-8-10-12-20(15,16)17/h3,13H,1,4-12H2,2H3. The fraction of sp³-hybridized carbons (Fsp3) is 0.786. The summed E-state index contributed by atoms with van der Waals surface area (Å²) in [7, 11) is 0. The molecule has 0 fully saturated rings. The van der Waals surface area contributed by atoms with Gasteiger partial charge in [0.15, 0.2) is 0 Å². The molecule has 6 heteroatoms. The lowest BCUT2D eigenvalue weighted by atomic mass is 10.1. The van der Waals surface area contributed by atoms with Crippen LogP contribution in [0.1, 0.15) is 58.3 Å². The number of esters is 1. The Morgan fingerprint density at radius 1 is 1.10 bits per heavy atom. The summed E-state index contributed by atoms with van der Waals surface area (Å²) in [5, 5.41) is 0. The van der Waals surface area contributed by atoms with Crippen LogP contribution in [0.25, 0.3) is 0 Å². The van der Waals surface area contributed by atoms with Crippen LogP contribution in [0.2, 0.25) is 6.04 Å². The van der Waals surface area contributed by atoms with Crippen LogP contribution in [0.4, 0.5) is 0 Å². The molecule has 0 aromatic carbocycles. The van der Waals surface area contributed by atoms with Crippen LogP contribution in [0.5, 0.6) is 0 Å². The van der Waals surface area contributed by atoms with Gasteiger partial charge in [0.1, 0.15) is 0 Å². The average Bonchev–Trinajstić information content (AvgIpc) is 2.35. The minimum atomic E-state index is -0.906. The Morgan fingerprint density at radius 2 is 1.60 bits per heavy atom. The van der Waals surface area contributed by atoms with E-state index in [9.17, 15) is 4.79 Å². The Kier molecular flexibility index (Phi) is 14.2. The highest BCUT2D eigenvalue weighted by molar-refractivity contribution is 14.4. The van der Waals surface area contributed by atoms with Gasteiger partial charge in [0.05, 0.1) is 6.10 Å². The third-order valence-electron chi connectivity index (χ3n) is 3.05. The van der Waals surface area contributed by atoms with Crippen molar-refractivity contribution in [2.75, 3.05) is 0 Å². The van der Waals surface area contributed by atoms with Crippen LogP contribution < -0.4 is 0 Å². The van der Waals surface area contributed by atoms with Gasteiger partial charge in [-0.3, -0.25) is 0 Å². The number of rotatable bonds is 12. The number of unbranched alkanes of at least 4 members (excludes halogenated alkanes) is 6. The summed E-state index contributed by atoms with van der Waals surface area (Å²) in [5.74, 6) is -0.307. The minimum Gasteiger partial charge on any atom is -0.460 e. The van der Waals surface area contributed by atoms with Crippen LogP contribution in [0.15, 0.2) is 12.7 Å². The van der Waals surface area contributed by atoms with Crippen molar-refractivity contribution >= 4 is 71.9 Å². The Morgan fingerprint density at radius 3 is 2.10 bits per heavy atom. The average molecular weight is 634 g/mol. The first-order valence-corrected chi connectivity index (χ1v) is 18.8. The van der Waals surface area contributed by atoms with Crippen molar-refractivity contribution in [3.63, 3.8) is 0 Å². The molecular weight excluding hydrogens is 609 g/mol. The summed E-state index contributed by atoms with van der Waals surface area (Å²) in [6.07, 6.45) is 11.4. The third kappa shape index (κ3) is 16.0. The molecule has 118 valence electrons. The van der Waals surface area contributed by atoms with E-state index in [1.54, 1.807) is 0 Å². The van der Waals surface area contributed by atoms with Gasteiger partial charge in [0, 0.05) is 6.08 Å². The van der Waals surface area contributed by atoms with E-state index in [-0.39, 0.29) is 12.1 Å². The number of hydrogen-bond acceptors (Lipinski definition) is 2. The molecule has 0 saturated carbocycles. The summed E-state index contributed by atoms with van der Waals surface area (Å²) in [4.78, 5) is 11.0. The van der Waals surface area contributed by atoms with Crippen molar-refractivity contribution in [1.29, 1.82) is 0 Å². The first-order valence-electron chi connectivity index (χ1n) is 7.25. The van der Waals surface area contributed by atoms with E-state index < -0.39 is 0.564 Å². The molecule has 0 aliphatic heterocycles. The molecule has 20 heavy (non-hydrogen) atoms. The van der Waals surface area contributed by atoms with Crippen LogP contribution in [0.3, 0.4) is 0 Å². The molecule has 0 aliphatic carbocycles. The van der Waals surface area contributed by atoms with E-state index in [0.29, 0.717) is 0 Å². The molecule has 0 heterocycles. The van der Waals surface area contributed by atoms with Crippen LogP contribution in [0, 0.1) is 0 Å². The zero-order chi connectivity index (χ0) is 15.4. The fourth-order valence-corrected chi connectivity index (χ4v) is 6.03. The zero-order valence-corrected chi connectivity index (χ0v) is 19.6. The summed E-state index contributed by atoms with van der Waals surface area (Å²) in [5.41, 5.74) is 0. The second kappa shape index (κ2) is 13.1. The number of carbonyl (C=O) groups is 1. The molecule has 0 N–H and O–H groups in total. The minimum absolute atomic E-state index is 0.0227. The van der Waals surface area contributed by atoms with Crippen LogP contribution in [-0.4, -0.2) is 12.6 Å². The normalized spacial score (nSPS) is 13.0. The zero-order valence-electron chi connectivity index (χ0n) is 12.2. The lowest BCUT2D eigenvalue weighted by Gasteiger charge is -2.11. The summed E-state index contributed by atoms with van der Waals surface area (Å²) < 4.78 is 4.23. The monoisotopic (exact) mass is 634 g/mol. The van der Waals surface area contributed by atoms with E-state index in [0.717, 1.165) is 12.8 Å². The molecule has 0 amide bonds. The highest BCUT2D eigenvalue weighted by Gasteiger charge is 2.19. The number of halogens is 3. The SMILES string of the molecule is C=CC(=O)OC(C)CCCCCCCCC[Si](I)(I)I. The van der Waals surface area contributed by atoms with Crippen LogP contribution >= 0.6 is 65.4 Å². The molecule has 0 rings (SSSR count). The van der Waals surface area contributed by atoms with Gasteiger partial charge in [0.2, 0.25) is 0 Å². The van der Waals surface area contributed by atoms with Crippen molar-refractivity contribution in [2.24, 2.45) is 0 Å². The molecule has 0 aliphatic rings. The first-order chi connectivity index (χ1) is 9.35. The highest BCUT2D eigenvalue weighted by atomic mass is 127. The van der Waals surface area contributed by atoms with E-state index in [1.165, 1.54) is 50.6 Å². The maximum atomic E-state index is 11.0. The van der Waals surface area contributed by atoms with E-state index in [2.05, 4.69) is 72.0 Å². The molecule has 0 saturated heterocycles. The van der Waals surface area contributed by atoms with Crippen molar-refractivity contribution < 1.29 is 9.53 Å². The molecule has 0 aromatic rings. The van der Waals surface area contributed by atoms with Gasteiger partial charge in [-0.25, -0.2) is 4.79 Å². The number of carbonyl (C=O) groups excluding carboxylic acids is 1. The molecule has 0 aromatic heterocycles.